The van der Waals surface area contributed by atoms with Crippen molar-refractivity contribution in [2.24, 2.45) is 0 Å². The number of aliphatic hydroxyl groups is 1. The van der Waals surface area contributed by atoms with Crippen molar-refractivity contribution in [3.05, 3.63) is 74.8 Å². The fraction of sp³-hybridized carbons (Fsp3) is 0.333. The zero-order valence-electron chi connectivity index (χ0n) is 13.5. The molecule has 2 aromatic carbocycles. The van der Waals surface area contributed by atoms with E-state index in [4.69, 9.17) is 5.11 Å². The lowest BCUT2D eigenvalue weighted by molar-refractivity contribution is -0.385. The average Bonchev–Trinajstić information content (AvgIpc) is 2.55. The van der Waals surface area contributed by atoms with Crippen molar-refractivity contribution in [2.45, 2.75) is 32.9 Å². The molecule has 2 aromatic rings. The number of aryl methyl sites for hydroxylation is 1. The standard InChI is InChI=1S/C18H22N2O3/c1-13-3-8-17(11-18(13)20(22)23)14(2)19-10-9-15-4-6-16(12-21)7-5-15/h3-8,11,14,19,21H,9-10,12H2,1-2H3. The molecule has 5 nitrogen and oxygen atoms in total. The number of nitrogens with one attached hydrogen (secondary N) is 1. The highest BCUT2D eigenvalue weighted by molar-refractivity contribution is 5.43. The highest BCUT2D eigenvalue weighted by atomic mass is 16.6. The van der Waals surface area contributed by atoms with Crippen LogP contribution in [0.5, 0.6) is 0 Å². The summed E-state index contributed by atoms with van der Waals surface area (Å²) in [5.41, 5.74) is 3.85. The first kappa shape index (κ1) is 17.1. The molecule has 0 spiro atoms. The van der Waals surface area contributed by atoms with Crippen LogP contribution in [0.1, 0.15) is 35.2 Å². The second kappa shape index (κ2) is 7.85. The molecule has 0 aromatic heterocycles. The highest BCUT2D eigenvalue weighted by Crippen LogP contribution is 2.23. The summed E-state index contributed by atoms with van der Waals surface area (Å²) in [7, 11) is 0. The van der Waals surface area contributed by atoms with Crippen molar-refractivity contribution in [1.29, 1.82) is 0 Å². The molecule has 1 unspecified atom stereocenters. The van der Waals surface area contributed by atoms with Crippen LogP contribution in [0.4, 0.5) is 5.69 Å². The van der Waals surface area contributed by atoms with Gasteiger partial charge in [0.2, 0.25) is 0 Å². The molecule has 2 rings (SSSR count). The Hall–Kier alpha value is -2.24. The minimum atomic E-state index is -0.339. The Morgan fingerprint density at radius 2 is 1.83 bits per heavy atom. The lowest BCUT2D eigenvalue weighted by Gasteiger charge is -2.14. The number of nitro benzene ring substituents is 1. The fourth-order valence-electron chi connectivity index (χ4n) is 2.45. The number of rotatable bonds is 7. The van der Waals surface area contributed by atoms with Crippen LogP contribution < -0.4 is 5.32 Å². The Bertz CT molecular complexity index is 668. The van der Waals surface area contributed by atoms with Gasteiger partial charge in [0.15, 0.2) is 0 Å². The van der Waals surface area contributed by atoms with Gasteiger partial charge in [-0.05, 0) is 43.5 Å². The topological polar surface area (TPSA) is 75.4 Å². The molecule has 0 aliphatic heterocycles. The van der Waals surface area contributed by atoms with E-state index in [1.54, 1.807) is 19.1 Å². The third-order valence-electron chi connectivity index (χ3n) is 4.00. The molecule has 122 valence electrons. The Labute approximate surface area is 136 Å². The summed E-state index contributed by atoms with van der Waals surface area (Å²) in [5, 5.41) is 23.4. The van der Waals surface area contributed by atoms with Gasteiger partial charge in [-0.3, -0.25) is 10.1 Å². The SMILES string of the molecule is Cc1ccc(C(C)NCCc2ccc(CO)cc2)cc1[N+](=O)[O-]. The Morgan fingerprint density at radius 3 is 2.43 bits per heavy atom. The van der Waals surface area contributed by atoms with Gasteiger partial charge < -0.3 is 10.4 Å². The summed E-state index contributed by atoms with van der Waals surface area (Å²) in [6.45, 7) is 4.59. The van der Waals surface area contributed by atoms with Crippen LogP contribution in [-0.4, -0.2) is 16.6 Å². The third-order valence-corrected chi connectivity index (χ3v) is 4.00. The predicted octanol–water partition coefficient (Wildman–Crippen LogP) is 3.29. The van der Waals surface area contributed by atoms with E-state index in [2.05, 4.69) is 5.32 Å². The van der Waals surface area contributed by atoms with Crippen LogP contribution >= 0.6 is 0 Å². The molecular weight excluding hydrogens is 292 g/mol. The van der Waals surface area contributed by atoms with Crippen molar-refractivity contribution in [2.75, 3.05) is 6.54 Å². The van der Waals surface area contributed by atoms with E-state index in [1.807, 2.05) is 37.3 Å². The molecule has 5 heteroatoms. The quantitative estimate of drug-likeness (QED) is 0.607. The summed E-state index contributed by atoms with van der Waals surface area (Å²) in [6.07, 6.45) is 0.865. The van der Waals surface area contributed by atoms with E-state index in [0.29, 0.717) is 5.56 Å². The lowest BCUT2D eigenvalue weighted by Crippen LogP contribution is -2.21. The first-order chi connectivity index (χ1) is 11.0. The molecular formula is C18H22N2O3. The molecule has 0 saturated carbocycles. The fourth-order valence-corrected chi connectivity index (χ4v) is 2.45. The van der Waals surface area contributed by atoms with Gasteiger partial charge >= 0.3 is 0 Å². The van der Waals surface area contributed by atoms with E-state index in [1.165, 1.54) is 5.56 Å². The van der Waals surface area contributed by atoms with Crippen LogP contribution in [0.3, 0.4) is 0 Å². The van der Waals surface area contributed by atoms with E-state index in [0.717, 1.165) is 24.1 Å². The zero-order chi connectivity index (χ0) is 16.8. The van der Waals surface area contributed by atoms with Crippen molar-refractivity contribution in [3.63, 3.8) is 0 Å². The van der Waals surface area contributed by atoms with Crippen LogP contribution in [0.25, 0.3) is 0 Å². The molecule has 2 N–H and O–H groups in total. The molecule has 0 amide bonds. The first-order valence-electron chi connectivity index (χ1n) is 7.68. The normalized spacial score (nSPS) is 12.1. The molecule has 0 heterocycles. The second-order valence-corrected chi connectivity index (χ2v) is 5.70. The maximum absolute atomic E-state index is 11.0. The average molecular weight is 314 g/mol. The molecule has 0 saturated heterocycles. The van der Waals surface area contributed by atoms with Crippen LogP contribution in [0.15, 0.2) is 42.5 Å². The molecule has 0 aliphatic rings. The van der Waals surface area contributed by atoms with E-state index in [9.17, 15) is 10.1 Å². The maximum atomic E-state index is 11.0. The van der Waals surface area contributed by atoms with Crippen LogP contribution in [-0.2, 0) is 13.0 Å². The van der Waals surface area contributed by atoms with Crippen molar-refractivity contribution >= 4 is 5.69 Å². The first-order valence-corrected chi connectivity index (χ1v) is 7.68. The van der Waals surface area contributed by atoms with E-state index < -0.39 is 0 Å². The summed E-state index contributed by atoms with van der Waals surface area (Å²) in [6, 6.07) is 13.3. The lowest BCUT2D eigenvalue weighted by atomic mass is 10.0. The highest BCUT2D eigenvalue weighted by Gasteiger charge is 2.14. The van der Waals surface area contributed by atoms with Gasteiger partial charge in [0.05, 0.1) is 11.5 Å². The molecule has 0 aliphatic carbocycles. The minimum absolute atomic E-state index is 0.0472. The third kappa shape index (κ3) is 4.61. The van der Waals surface area contributed by atoms with Gasteiger partial charge in [-0.1, -0.05) is 36.4 Å². The largest absolute Gasteiger partial charge is 0.392 e. The number of benzene rings is 2. The predicted molar refractivity (Wildman–Crippen MR) is 90.3 cm³/mol. The number of hydrogen-bond acceptors (Lipinski definition) is 4. The Morgan fingerprint density at radius 1 is 1.17 bits per heavy atom. The van der Waals surface area contributed by atoms with Gasteiger partial charge in [0, 0.05) is 17.7 Å². The number of aliphatic hydroxyl groups excluding tert-OH is 1. The molecule has 1 atom stereocenters. The number of nitrogens with zero attached hydrogens (tertiary/aromatic N) is 1. The summed E-state index contributed by atoms with van der Waals surface area (Å²) in [5.74, 6) is 0. The van der Waals surface area contributed by atoms with Crippen molar-refractivity contribution < 1.29 is 10.0 Å². The number of nitro groups is 1. The van der Waals surface area contributed by atoms with E-state index in [-0.39, 0.29) is 23.3 Å². The summed E-state index contributed by atoms with van der Waals surface area (Å²) >= 11 is 0. The molecule has 0 fully saturated rings. The Kier molecular flexibility index (Phi) is 5.84. The minimum Gasteiger partial charge on any atom is -0.392 e. The zero-order valence-corrected chi connectivity index (χ0v) is 13.5. The van der Waals surface area contributed by atoms with E-state index >= 15 is 0 Å². The van der Waals surface area contributed by atoms with Gasteiger partial charge in [-0.25, -0.2) is 0 Å². The van der Waals surface area contributed by atoms with Crippen LogP contribution in [0.2, 0.25) is 0 Å². The van der Waals surface area contributed by atoms with Gasteiger partial charge in [-0.2, -0.15) is 0 Å². The second-order valence-electron chi connectivity index (χ2n) is 5.70. The van der Waals surface area contributed by atoms with Gasteiger partial charge in [0.25, 0.3) is 5.69 Å². The molecule has 0 bridgehead atoms. The van der Waals surface area contributed by atoms with Gasteiger partial charge in [0.1, 0.15) is 0 Å². The summed E-state index contributed by atoms with van der Waals surface area (Å²) < 4.78 is 0. The summed E-state index contributed by atoms with van der Waals surface area (Å²) in [4.78, 5) is 10.7. The van der Waals surface area contributed by atoms with Gasteiger partial charge in [-0.15, -0.1) is 0 Å². The Balaban J connectivity index is 1.92. The monoisotopic (exact) mass is 314 g/mol. The smallest absolute Gasteiger partial charge is 0.272 e. The van der Waals surface area contributed by atoms with Crippen LogP contribution in [0, 0.1) is 17.0 Å². The molecule has 23 heavy (non-hydrogen) atoms. The maximum Gasteiger partial charge on any atom is 0.272 e. The van der Waals surface area contributed by atoms with Crippen molar-refractivity contribution in [3.8, 4) is 0 Å². The number of hydrogen-bond donors (Lipinski definition) is 2. The molecule has 0 radical (unpaired) electrons. The van der Waals surface area contributed by atoms with Crippen molar-refractivity contribution in [1.82, 2.24) is 5.32 Å².